The molecule has 0 bridgehead atoms. The lowest BCUT2D eigenvalue weighted by Crippen LogP contribution is -2.57. The summed E-state index contributed by atoms with van der Waals surface area (Å²) in [6.07, 6.45) is 2.49. The van der Waals surface area contributed by atoms with Crippen molar-refractivity contribution in [1.29, 1.82) is 0 Å². The smallest absolute Gasteiger partial charge is 0.0346 e. The van der Waals surface area contributed by atoms with Crippen molar-refractivity contribution in [2.75, 3.05) is 26.2 Å². The summed E-state index contributed by atoms with van der Waals surface area (Å²) in [7, 11) is 0. The molecule has 0 aromatic carbocycles. The Balaban J connectivity index is 2.51. The summed E-state index contributed by atoms with van der Waals surface area (Å²) < 4.78 is 0. The largest absolute Gasteiger partial charge is 0.329 e. The van der Waals surface area contributed by atoms with Gasteiger partial charge in [0.15, 0.2) is 0 Å². The first-order chi connectivity index (χ1) is 6.33. The van der Waals surface area contributed by atoms with Gasteiger partial charge in [-0.15, -0.1) is 0 Å². The van der Waals surface area contributed by atoms with E-state index in [2.05, 4.69) is 24.1 Å². The highest BCUT2D eigenvalue weighted by molar-refractivity contribution is 4.84. The fourth-order valence-electron chi connectivity index (χ4n) is 2.23. The van der Waals surface area contributed by atoms with Crippen LogP contribution in [0.25, 0.3) is 0 Å². The molecule has 1 fully saturated rings. The number of hydrogen-bond donors (Lipinski definition) is 2. The van der Waals surface area contributed by atoms with E-state index in [9.17, 15) is 0 Å². The molecule has 1 unspecified atom stereocenters. The predicted molar refractivity (Wildman–Crippen MR) is 56.8 cm³/mol. The van der Waals surface area contributed by atoms with E-state index in [1.807, 2.05) is 0 Å². The average molecular weight is 185 g/mol. The summed E-state index contributed by atoms with van der Waals surface area (Å²) in [6.45, 7) is 8.66. The highest BCUT2D eigenvalue weighted by Gasteiger charge is 2.25. The van der Waals surface area contributed by atoms with E-state index in [0.29, 0.717) is 6.04 Å². The van der Waals surface area contributed by atoms with Gasteiger partial charge in [0.2, 0.25) is 0 Å². The molecule has 1 aliphatic rings. The van der Waals surface area contributed by atoms with Crippen molar-refractivity contribution in [3.05, 3.63) is 0 Å². The van der Waals surface area contributed by atoms with Gasteiger partial charge in [0.1, 0.15) is 0 Å². The molecule has 1 aliphatic heterocycles. The predicted octanol–water partition coefficient (Wildman–Crippen LogP) is 0.408. The minimum absolute atomic E-state index is 0.554. The summed E-state index contributed by atoms with van der Waals surface area (Å²) in [6, 6.07) is 1.29. The maximum absolute atomic E-state index is 5.76. The third-order valence-corrected chi connectivity index (χ3v) is 3.08. The van der Waals surface area contributed by atoms with E-state index in [1.54, 1.807) is 0 Å². The van der Waals surface area contributed by atoms with E-state index in [1.165, 1.54) is 12.8 Å². The molecule has 0 saturated carbocycles. The Kier molecular flexibility index (Phi) is 4.70. The van der Waals surface area contributed by atoms with Crippen molar-refractivity contribution >= 4 is 0 Å². The van der Waals surface area contributed by atoms with E-state index in [4.69, 9.17) is 5.73 Å². The molecular formula is C10H23N3. The number of nitrogens with two attached hydrogens (primary N) is 1. The van der Waals surface area contributed by atoms with Gasteiger partial charge in [-0.3, -0.25) is 4.90 Å². The van der Waals surface area contributed by atoms with Crippen molar-refractivity contribution in [1.82, 2.24) is 10.2 Å². The van der Waals surface area contributed by atoms with Gasteiger partial charge in [-0.1, -0.05) is 13.8 Å². The SMILES string of the molecule is CCC(CC)N1CCNCC1CN. The van der Waals surface area contributed by atoms with Crippen LogP contribution in [0.1, 0.15) is 26.7 Å². The van der Waals surface area contributed by atoms with Gasteiger partial charge in [0, 0.05) is 38.3 Å². The molecule has 1 rings (SSSR count). The van der Waals surface area contributed by atoms with Crippen LogP contribution in [0.2, 0.25) is 0 Å². The summed E-state index contributed by atoms with van der Waals surface area (Å²) in [5, 5.41) is 3.40. The average Bonchev–Trinajstić information content (AvgIpc) is 2.20. The zero-order valence-electron chi connectivity index (χ0n) is 8.92. The first kappa shape index (κ1) is 11.0. The third kappa shape index (κ3) is 2.66. The zero-order valence-corrected chi connectivity index (χ0v) is 8.92. The Labute approximate surface area is 81.7 Å². The number of hydrogen-bond acceptors (Lipinski definition) is 3. The van der Waals surface area contributed by atoms with Gasteiger partial charge in [0.25, 0.3) is 0 Å². The van der Waals surface area contributed by atoms with E-state index in [-0.39, 0.29) is 0 Å². The normalized spacial score (nSPS) is 25.4. The van der Waals surface area contributed by atoms with Crippen LogP contribution in [0, 0.1) is 0 Å². The first-order valence-electron chi connectivity index (χ1n) is 5.50. The van der Waals surface area contributed by atoms with Crippen molar-refractivity contribution in [2.45, 2.75) is 38.8 Å². The molecule has 3 nitrogen and oxygen atoms in total. The molecule has 0 spiro atoms. The quantitative estimate of drug-likeness (QED) is 0.666. The second-order valence-electron chi connectivity index (χ2n) is 3.80. The lowest BCUT2D eigenvalue weighted by molar-refractivity contribution is 0.104. The summed E-state index contributed by atoms with van der Waals surface area (Å²) >= 11 is 0. The summed E-state index contributed by atoms with van der Waals surface area (Å²) in [5.41, 5.74) is 5.76. The van der Waals surface area contributed by atoms with Crippen LogP contribution in [0.15, 0.2) is 0 Å². The topological polar surface area (TPSA) is 41.3 Å². The number of piperazine rings is 1. The monoisotopic (exact) mass is 185 g/mol. The molecule has 3 N–H and O–H groups in total. The molecule has 3 heteroatoms. The van der Waals surface area contributed by atoms with Gasteiger partial charge in [0.05, 0.1) is 0 Å². The molecule has 0 aliphatic carbocycles. The second kappa shape index (κ2) is 5.58. The molecule has 78 valence electrons. The van der Waals surface area contributed by atoms with Gasteiger partial charge >= 0.3 is 0 Å². The molecule has 1 atom stereocenters. The van der Waals surface area contributed by atoms with E-state index < -0.39 is 0 Å². The van der Waals surface area contributed by atoms with Crippen LogP contribution in [-0.4, -0.2) is 43.2 Å². The van der Waals surface area contributed by atoms with Crippen LogP contribution < -0.4 is 11.1 Å². The second-order valence-corrected chi connectivity index (χ2v) is 3.80. The van der Waals surface area contributed by atoms with Crippen molar-refractivity contribution in [3.63, 3.8) is 0 Å². The van der Waals surface area contributed by atoms with Crippen molar-refractivity contribution in [2.24, 2.45) is 5.73 Å². The maximum atomic E-state index is 5.76. The Morgan fingerprint density at radius 2 is 2.15 bits per heavy atom. The van der Waals surface area contributed by atoms with Gasteiger partial charge in [-0.25, -0.2) is 0 Å². The van der Waals surface area contributed by atoms with Crippen molar-refractivity contribution < 1.29 is 0 Å². The summed E-state index contributed by atoms with van der Waals surface area (Å²) in [4.78, 5) is 2.58. The highest BCUT2D eigenvalue weighted by atomic mass is 15.2. The highest BCUT2D eigenvalue weighted by Crippen LogP contribution is 2.13. The molecule has 13 heavy (non-hydrogen) atoms. The summed E-state index contributed by atoms with van der Waals surface area (Å²) in [5.74, 6) is 0. The molecular weight excluding hydrogens is 162 g/mol. The molecule has 1 saturated heterocycles. The van der Waals surface area contributed by atoms with Gasteiger partial charge in [-0.05, 0) is 12.8 Å². The third-order valence-electron chi connectivity index (χ3n) is 3.08. The van der Waals surface area contributed by atoms with Crippen LogP contribution in [0.5, 0.6) is 0 Å². The van der Waals surface area contributed by atoms with Crippen LogP contribution in [0.4, 0.5) is 0 Å². The zero-order chi connectivity index (χ0) is 9.68. The number of rotatable bonds is 4. The lowest BCUT2D eigenvalue weighted by atomic mass is 10.1. The Bertz CT molecular complexity index is 127. The van der Waals surface area contributed by atoms with Gasteiger partial charge in [-0.2, -0.15) is 0 Å². The fourth-order valence-corrected chi connectivity index (χ4v) is 2.23. The van der Waals surface area contributed by atoms with Crippen LogP contribution in [0.3, 0.4) is 0 Å². The molecule has 0 radical (unpaired) electrons. The van der Waals surface area contributed by atoms with Crippen LogP contribution in [-0.2, 0) is 0 Å². The molecule has 1 heterocycles. The minimum Gasteiger partial charge on any atom is -0.329 e. The van der Waals surface area contributed by atoms with E-state index in [0.717, 1.165) is 32.2 Å². The van der Waals surface area contributed by atoms with Crippen molar-refractivity contribution in [3.8, 4) is 0 Å². The Morgan fingerprint density at radius 3 is 2.69 bits per heavy atom. The minimum atomic E-state index is 0.554. The molecule has 0 aromatic heterocycles. The fraction of sp³-hybridized carbons (Fsp3) is 1.00. The maximum Gasteiger partial charge on any atom is 0.0346 e. The van der Waals surface area contributed by atoms with E-state index >= 15 is 0 Å². The molecule has 0 amide bonds. The molecule has 0 aromatic rings. The first-order valence-corrected chi connectivity index (χ1v) is 5.50. The van der Waals surface area contributed by atoms with Gasteiger partial charge < -0.3 is 11.1 Å². The lowest BCUT2D eigenvalue weighted by Gasteiger charge is -2.40. The standard InChI is InChI=1S/C10H23N3/c1-3-9(4-2)13-6-5-12-8-10(13)7-11/h9-10,12H,3-8,11H2,1-2H3. The van der Waals surface area contributed by atoms with Crippen LogP contribution >= 0.6 is 0 Å². The number of nitrogens with zero attached hydrogens (tertiary/aromatic N) is 1. The Hall–Kier alpha value is -0.120. The number of nitrogens with one attached hydrogen (secondary N) is 1. The Morgan fingerprint density at radius 1 is 1.46 bits per heavy atom.